The molecule has 0 saturated carbocycles. The van der Waals surface area contributed by atoms with E-state index in [1.165, 1.54) is 135 Å². The highest BCUT2D eigenvalue weighted by Crippen LogP contribution is 2.38. The van der Waals surface area contributed by atoms with E-state index in [1.807, 2.05) is 21.1 Å². The van der Waals surface area contributed by atoms with Gasteiger partial charge in [0.1, 0.15) is 19.3 Å². The van der Waals surface area contributed by atoms with Gasteiger partial charge in [-0.2, -0.15) is 0 Å². The highest BCUT2D eigenvalue weighted by Gasteiger charge is 2.20. The first kappa shape index (κ1) is 55.7. The summed E-state index contributed by atoms with van der Waals surface area (Å²) in [7, 11) is 1.35. The van der Waals surface area contributed by atoms with Crippen LogP contribution in [0.25, 0.3) is 0 Å². The van der Waals surface area contributed by atoms with Crippen LogP contribution in [0, 0.1) is 0 Å². The zero-order valence-corrected chi connectivity index (χ0v) is 38.9. The standard InChI is InChI=1S/C48H92NO7P/c1-6-8-10-12-14-16-18-20-21-22-23-24-25-26-27-28-29-30-31-33-35-37-39-41-48(50)56-47(46-55-57(51,52)54-44-42-49(3,4)5)45-53-43-40-38-36-34-32-19-17-15-13-11-9-7-2/h18,20,22-23,25-26,47H,6-17,19,21,24,27-46H2,1-5H3/b20-18-,23-22-,26-25-. The fraction of sp³-hybridized carbons (Fsp3) is 0.854. The van der Waals surface area contributed by atoms with E-state index in [9.17, 15) is 14.3 Å². The van der Waals surface area contributed by atoms with Crippen LogP contribution in [0.3, 0.4) is 0 Å². The predicted octanol–water partition coefficient (Wildman–Crippen LogP) is 13.5. The van der Waals surface area contributed by atoms with Gasteiger partial charge in [0.05, 0.1) is 34.4 Å². The molecule has 9 heteroatoms. The number of ether oxygens (including phenoxy) is 2. The number of carbonyl (C=O) groups excluding carboxylic acids is 1. The van der Waals surface area contributed by atoms with Gasteiger partial charge in [-0.25, -0.2) is 0 Å². The molecule has 0 aromatic carbocycles. The highest BCUT2D eigenvalue weighted by atomic mass is 31.2. The summed E-state index contributed by atoms with van der Waals surface area (Å²) in [5.41, 5.74) is 0. The van der Waals surface area contributed by atoms with Gasteiger partial charge in [-0.05, 0) is 51.4 Å². The summed E-state index contributed by atoms with van der Waals surface area (Å²) >= 11 is 0. The Morgan fingerprint density at radius 1 is 0.544 bits per heavy atom. The zero-order chi connectivity index (χ0) is 42.0. The maximum atomic E-state index is 12.7. The number of unbranched alkanes of at least 4 members (excludes halogenated alkanes) is 24. The summed E-state index contributed by atoms with van der Waals surface area (Å²) in [5, 5.41) is 0. The zero-order valence-electron chi connectivity index (χ0n) is 38.0. The number of carbonyl (C=O) groups is 1. The molecule has 0 fully saturated rings. The monoisotopic (exact) mass is 826 g/mol. The Labute approximate surface area is 353 Å². The molecular weight excluding hydrogens is 734 g/mol. The maximum Gasteiger partial charge on any atom is 0.306 e. The molecule has 2 atom stereocenters. The van der Waals surface area contributed by atoms with Crippen LogP contribution in [0.5, 0.6) is 0 Å². The summed E-state index contributed by atoms with van der Waals surface area (Å²) in [6.45, 7) is 5.41. The van der Waals surface area contributed by atoms with E-state index in [0.717, 1.165) is 51.4 Å². The minimum atomic E-state index is -4.52. The second-order valence-electron chi connectivity index (χ2n) is 17.1. The van der Waals surface area contributed by atoms with Crippen LogP contribution >= 0.6 is 7.82 Å². The van der Waals surface area contributed by atoms with Gasteiger partial charge in [0.2, 0.25) is 0 Å². The van der Waals surface area contributed by atoms with Gasteiger partial charge in [0.15, 0.2) is 0 Å². The Morgan fingerprint density at radius 3 is 1.44 bits per heavy atom. The third-order valence-corrected chi connectivity index (χ3v) is 11.2. The van der Waals surface area contributed by atoms with E-state index in [0.29, 0.717) is 24.1 Å². The summed E-state index contributed by atoms with van der Waals surface area (Å²) in [6, 6.07) is 0. The molecule has 0 aromatic rings. The third-order valence-electron chi connectivity index (χ3n) is 10.2. The molecule has 0 bridgehead atoms. The lowest BCUT2D eigenvalue weighted by molar-refractivity contribution is -0.870. The van der Waals surface area contributed by atoms with Crippen molar-refractivity contribution >= 4 is 13.8 Å². The van der Waals surface area contributed by atoms with Crippen LogP contribution in [0.15, 0.2) is 36.5 Å². The molecule has 0 spiro atoms. The molecule has 0 N–H and O–H groups in total. The summed E-state index contributed by atoms with van der Waals surface area (Å²) in [4.78, 5) is 25.1. The average molecular weight is 826 g/mol. The molecule has 0 aliphatic heterocycles. The Balaban J connectivity index is 4.15. The largest absolute Gasteiger partial charge is 0.756 e. The van der Waals surface area contributed by atoms with Crippen molar-refractivity contribution in [1.29, 1.82) is 0 Å². The third kappa shape index (κ3) is 45.7. The number of hydrogen-bond donors (Lipinski definition) is 0. The van der Waals surface area contributed by atoms with Gasteiger partial charge in [0, 0.05) is 13.0 Å². The van der Waals surface area contributed by atoms with Crippen molar-refractivity contribution in [2.24, 2.45) is 0 Å². The van der Waals surface area contributed by atoms with Crippen LogP contribution in [-0.2, 0) is 27.9 Å². The lowest BCUT2D eigenvalue weighted by Crippen LogP contribution is -2.37. The molecule has 0 heterocycles. The van der Waals surface area contributed by atoms with Crippen molar-refractivity contribution in [3.63, 3.8) is 0 Å². The van der Waals surface area contributed by atoms with Crippen molar-refractivity contribution in [3.05, 3.63) is 36.5 Å². The van der Waals surface area contributed by atoms with E-state index in [1.54, 1.807) is 0 Å². The van der Waals surface area contributed by atoms with E-state index in [4.69, 9.17) is 18.5 Å². The number of phosphoric acid groups is 1. The lowest BCUT2D eigenvalue weighted by atomic mass is 10.1. The molecule has 0 radical (unpaired) electrons. The number of hydrogen-bond acceptors (Lipinski definition) is 7. The van der Waals surface area contributed by atoms with Gasteiger partial charge in [-0.15, -0.1) is 0 Å². The first-order chi connectivity index (χ1) is 27.6. The summed E-state index contributed by atoms with van der Waals surface area (Å²) in [6.07, 6.45) is 48.7. The maximum absolute atomic E-state index is 12.7. The number of quaternary nitrogens is 1. The van der Waals surface area contributed by atoms with Crippen molar-refractivity contribution in [3.8, 4) is 0 Å². The fourth-order valence-electron chi connectivity index (χ4n) is 6.49. The Hall–Kier alpha value is -1.28. The fourth-order valence-corrected chi connectivity index (χ4v) is 7.22. The van der Waals surface area contributed by atoms with E-state index >= 15 is 0 Å². The van der Waals surface area contributed by atoms with Crippen molar-refractivity contribution in [2.75, 3.05) is 54.1 Å². The highest BCUT2D eigenvalue weighted by molar-refractivity contribution is 7.45. The second-order valence-corrected chi connectivity index (χ2v) is 18.5. The van der Waals surface area contributed by atoms with Crippen LogP contribution in [0.1, 0.15) is 206 Å². The number of nitrogens with zero attached hydrogens (tertiary/aromatic N) is 1. The number of esters is 1. The topological polar surface area (TPSA) is 94.1 Å². The first-order valence-electron chi connectivity index (χ1n) is 23.7. The van der Waals surface area contributed by atoms with Crippen molar-refractivity contribution in [2.45, 2.75) is 213 Å². The molecule has 336 valence electrons. The van der Waals surface area contributed by atoms with Gasteiger partial charge < -0.3 is 27.9 Å². The van der Waals surface area contributed by atoms with Crippen LogP contribution in [-0.4, -0.2) is 70.7 Å². The quantitative estimate of drug-likeness (QED) is 0.0198. The molecule has 0 saturated heterocycles. The molecule has 0 aromatic heterocycles. The van der Waals surface area contributed by atoms with Crippen molar-refractivity contribution in [1.82, 2.24) is 0 Å². The minimum absolute atomic E-state index is 0.0253. The van der Waals surface area contributed by atoms with Crippen LogP contribution in [0.4, 0.5) is 0 Å². The molecule has 57 heavy (non-hydrogen) atoms. The number of phosphoric ester groups is 1. The molecule has 2 unspecified atom stereocenters. The summed E-state index contributed by atoms with van der Waals surface area (Å²) < 4.78 is 34.6. The van der Waals surface area contributed by atoms with E-state index in [2.05, 4.69) is 50.3 Å². The molecule has 0 amide bonds. The predicted molar refractivity (Wildman–Crippen MR) is 240 cm³/mol. The van der Waals surface area contributed by atoms with Gasteiger partial charge in [-0.1, -0.05) is 185 Å². The van der Waals surface area contributed by atoms with Crippen molar-refractivity contribution < 1.29 is 37.3 Å². The van der Waals surface area contributed by atoms with Gasteiger partial charge >= 0.3 is 5.97 Å². The molecule has 8 nitrogen and oxygen atoms in total. The van der Waals surface area contributed by atoms with E-state index < -0.39 is 13.9 Å². The number of likely N-dealkylation sites (N-methyl/N-ethyl adjacent to an activating group) is 1. The Morgan fingerprint density at radius 2 is 0.965 bits per heavy atom. The second kappa shape index (κ2) is 41.5. The van der Waals surface area contributed by atoms with Crippen LogP contribution < -0.4 is 4.89 Å². The average Bonchev–Trinajstić information content (AvgIpc) is 3.16. The molecule has 0 aliphatic rings. The lowest BCUT2D eigenvalue weighted by Gasteiger charge is -2.28. The van der Waals surface area contributed by atoms with Gasteiger partial charge in [-0.3, -0.25) is 9.36 Å². The smallest absolute Gasteiger partial charge is 0.306 e. The molecule has 0 aliphatic carbocycles. The number of rotatable bonds is 44. The van der Waals surface area contributed by atoms with Crippen LogP contribution in [0.2, 0.25) is 0 Å². The SMILES string of the molecule is CCCCCCC/C=C\C/C=C\C/C=C\CCCCCCCCCCC(=O)OC(COCCCCCCCCCCCCCC)COP(=O)([O-])OCC[N+](C)(C)C. The molecular formula is C48H92NO7P. The number of allylic oxidation sites excluding steroid dienone is 6. The first-order valence-corrected chi connectivity index (χ1v) is 25.2. The van der Waals surface area contributed by atoms with Gasteiger partial charge in [0.25, 0.3) is 7.82 Å². The Bertz CT molecular complexity index is 1010. The minimum Gasteiger partial charge on any atom is -0.756 e. The van der Waals surface area contributed by atoms with E-state index in [-0.39, 0.29) is 25.8 Å². The summed E-state index contributed by atoms with van der Waals surface area (Å²) in [5.74, 6) is -0.340. The Kier molecular flexibility index (Phi) is 40.5. The normalized spacial score (nSPS) is 14.0. The molecule has 0 rings (SSSR count).